The number of aliphatic hydroxyl groups is 1. The third-order valence-corrected chi connectivity index (χ3v) is 6.79. The number of alkyl halides is 3. The Balaban J connectivity index is 1.59. The molecule has 1 aliphatic rings. The zero-order chi connectivity index (χ0) is 28.2. The van der Waals surface area contributed by atoms with Crippen LogP contribution in [0.2, 0.25) is 0 Å². The highest BCUT2D eigenvalue weighted by atomic mass is 19.4. The van der Waals surface area contributed by atoms with Gasteiger partial charge in [0.25, 0.3) is 5.91 Å². The summed E-state index contributed by atoms with van der Waals surface area (Å²) in [5.41, 5.74) is 0.367. The number of amides is 2. The van der Waals surface area contributed by atoms with Gasteiger partial charge in [-0.05, 0) is 49.4 Å². The lowest BCUT2D eigenvalue weighted by Gasteiger charge is -2.31. The summed E-state index contributed by atoms with van der Waals surface area (Å²) in [5.74, 6) is -2.42. The second kappa shape index (κ2) is 9.05. The molecule has 0 fully saturated rings. The van der Waals surface area contributed by atoms with Crippen LogP contribution >= 0.6 is 0 Å². The Kier molecular flexibility index (Phi) is 6.06. The lowest BCUT2D eigenvalue weighted by molar-refractivity contribution is -0.265. The molecule has 0 saturated carbocycles. The van der Waals surface area contributed by atoms with Gasteiger partial charge in [-0.15, -0.1) is 0 Å². The number of primary amides is 1. The number of fused-ring (bicyclic) bond motifs is 2. The van der Waals surface area contributed by atoms with E-state index in [9.17, 15) is 32.3 Å². The van der Waals surface area contributed by atoms with Crippen molar-refractivity contribution in [1.29, 1.82) is 0 Å². The third kappa shape index (κ3) is 4.34. The maximum absolute atomic E-state index is 14.5. The van der Waals surface area contributed by atoms with Crippen molar-refractivity contribution < 1.29 is 37.0 Å². The Morgan fingerprint density at radius 2 is 1.92 bits per heavy atom. The standard InChI is InChI=1S/C26H21F4N5O4/c1-24(23(31)37)12-39-21-16(24)9-19(35-20(21)13-2-4-15(27)5-3-13)25(38,26(28,29)30)11-34-22(36)14-8-18-17(33-10-14)6-7-32-18/h2-10,32,38H,11-12H2,1H3,(H2,31,37)(H,34,36)/t24-,25-/m0/s1. The molecule has 0 bridgehead atoms. The number of benzene rings is 1. The molecule has 4 aromatic rings. The molecule has 0 radical (unpaired) electrons. The van der Waals surface area contributed by atoms with Gasteiger partial charge in [-0.1, -0.05) is 0 Å². The summed E-state index contributed by atoms with van der Waals surface area (Å²) in [6.07, 6.45) is -2.55. The number of pyridine rings is 2. The molecule has 9 nitrogen and oxygen atoms in total. The molecule has 0 spiro atoms. The number of ether oxygens (including phenoxy) is 1. The van der Waals surface area contributed by atoms with Crippen molar-refractivity contribution in [1.82, 2.24) is 20.3 Å². The molecule has 3 aromatic heterocycles. The molecular formula is C26H21F4N5O4. The molecule has 2 amide bonds. The van der Waals surface area contributed by atoms with Gasteiger partial charge in [-0.3, -0.25) is 14.6 Å². The second-order valence-electron chi connectivity index (χ2n) is 9.40. The molecule has 1 aromatic carbocycles. The molecule has 5 N–H and O–H groups in total. The van der Waals surface area contributed by atoms with Crippen LogP contribution in [0.15, 0.2) is 54.9 Å². The molecule has 39 heavy (non-hydrogen) atoms. The van der Waals surface area contributed by atoms with E-state index in [1.807, 2.05) is 0 Å². The van der Waals surface area contributed by atoms with Gasteiger partial charge in [0.1, 0.15) is 29.3 Å². The van der Waals surface area contributed by atoms with Gasteiger partial charge in [0, 0.05) is 23.5 Å². The first-order chi connectivity index (χ1) is 18.3. The Bertz CT molecular complexity index is 1600. The van der Waals surface area contributed by atoms with Crippen molar-refractivity contribution in [3.63, 3.8) is 0 Å². The zero-order valence-corrected chi connectivity index (χ0v) is 20.3. The minimum atomic E-state index is -5.33. The summed E-state index contributed by atoms with van der Waals surface area (Å²) in [6.45, 7) is -0.217. The van der Waals surface area contributed by atoms with E-state index in [1.54, 1.807) is 12.3 Å². The Morgan fingerprint density at radius 3 is 2.59 bits per heavy atom. The summed E-state index contributed by atoms with van der Waals surface area (Å²) < 4.78 is 62.6. The molecule has 0 saturated heterocycles. The van der Waals surface area contributed by atoms with Crippen molar-refractivity contribution in [2.75, 3.05) is 13.2 Å². The Hall–Kier alpha value is -4.52. The molecule has 0 unspecified atom stereocenters. The fourth-order valence-electron chi connectivity index (χ4n) is 4.31. The van der Waals surface area contributed by atoms with Crippen molar-refractivity contribution >= 4 is 22.8 Å². The topological polar surface area (TPSA) is 143 Å². The fourth-order valence-corrected chi connectivity index (χ4v) is 4.31. The van der Waals surface area contributed by atoms with Crippen molar-refractivity contribution in [2.24, 2.45) is 5.73 Å². The SMILES string of the molecule is C[C@]1(C(N)=O)COc2c1cc([C@@](O)(CNC(=O)c1cnc3cc[nH]c3c1)C(F)(F)F)nc2-c1ccc(F)cc1. The van der Waals surface area contributed by atoms with E-state index in [4.69, 9.17) is 10.5 Å². The number of hydrogen-bond donors (Lipinski definition) is 4. The number of carbonyl (C=O) groups excluding carboxylic acids is 2. The minimum Gasteiger partial charge on any atom is -0.489 e. The van der Waals surface area contributed by atoms with Gasteiger partial charge in [-0.25, -0.2) is 9.37 Å². The first kappa shape index (κ1) is 26.1. The van der Waals surface area contributed by atoms with E-state index in [-0.39, 0.29) is 34.7 Å². The van der Waals surface area contributed by atoms with Crippen LogP contribution in [-0.4, -0.2) is 51.2 Å². The molecule has 202 valence electrons. The maximum Gasteiger partial charge on any atom is 0.424 e. The normalized spacial score (nSPS) is 18.3. The van der Waals surface area contributed by atoms with Gasteiger partial charge in [0.2, 0.25) is 11.5 Å². The van der Waals surface area contributed by atoms with Crippen LogP contribution < -0.4 is 15.8 Å². The molecule has 5 rings (SSSR count). The smallest absolute Gasteiger partial charge is 0.424 e. The summed E-state index contributed by atoms with van der Waals surface area (Å²) >= 11 is 0. The molecule has 13 heteroatoms. The average Bonchev–Trinajstić information content (AvgIpc) is 3.51. The molecule has 4 heterocycles. The predicted molar refractivity (Wildman–Crippen MR) is 130 cm³/mol. The second-order valence-corrected chi connectivity index (χ2v) is 9.40. The van der Waals surface area contributed by atoms with E-state index in [0.717, 1.165) is 18.2 Å². The lowest BCUT2D eigenvalue weighted by atomic mass is 9.81. The molecule has 0 aliphatic carbocycles. The van der Waals surface area contributed by atoms with Crippen molar-refractivity contribution in [3.05, 3.63) is 77.5 Å². The van der Waals surface area contributed by atoms with Crippen LogP contribution in [0.3, 0.4) is 0 Å². The van der Waals surface area contributed by atoms with Crippen LogP contribution in [0, 0.1) is 5.82 Å². The van der Waals surface area contributed by atoms with E-state index in [2.05, 4.69) is 20.3 Å². The summed E-state index contributed by atoms with van der Waals surface area (Å²) in [7, 11) is 0. The Morgan fingerprint density at radius 1 is 1.21 bits per heavy atom. The largest absolute Gasteiger partial charge is 0.489 e. The highest BCUT2D eigenvalue weighted by Gasteiger charge is 2.57. The van der Waals surface area contributed by atoms with Gasteiger partial charge in [0.15, 0.2) is 0 Å². The molecule has 1 aliphatic heterocycles. The number of aromatic nitrogens is 3. The van der Waals surface area contributed by atoms with E-state index in [0.29, 0.717) is 11.0 Å². The number of aromatic amines is 1. The predicted octanol–water partition coefficient (Wildman–Crippen LogP) is 3.08. The van der Waals surface area contributed by atoms with Crippen LogP contribution in [0.4, 0.5) is 17.6 Å². The third-order valence-electron chi connectivity index (χ3n) is 6.79. The first-order valence-electron chi connectivity index (χ1n) is 11.6. The number of H-pyrrole nitrogens is 1. The van der Waals surface area contributed by atoms with Gasteiger partial charge in [0.05, 0.1) is 28.8 Å². The Labute approximate surface area is 218 Å². The zero-order valence-electron chi connectivity index (χ0n) is 20.3. The van der Waals surface area contributed by atoms with Crippen LogP contribution in [0.5, 0.6) is 5.75 Å². The quantitative estimate of drug-likeness (QED) is 0.275. The fraction of sp³-hybridized carbons (Fsp3) is 0.231. The average molecular weight is 543 g/mol. The van der Waals surface area contributed by atoms with Crippen molar-refractivity contribution in [2.45, 2.75) is 24.1 Å². The monoisotopic (exact) mass is 543 g/mol. The summed E-state index contributed by atoms with van der Waals surface area (Å²) in [6, 6.07) is 8.63. The highest BCUT2D eigenvalue weighted by Crippen LogP contribution is 2.47. The number of rotatable bonds is 6. The van der Waals surface area contributed by atoms with Crippen LogP contribution in [-0.2, 0) is 15.8 Å². The highest BCUT2D eigenvalue weighted by molar-refractivity contribution is 5.96. The van der Waals surface area contributed by atoms with Crippen molar-refractivity contribution in [3.8, 4) is 17.0 Å². The van der Waals surface area contributed by atoms with Crippen LogP contribution in [0.25, 0.3) is 22.3 Å². The van der Waals surface area contributed by atoms with Gasteiger partial charge in [-0.2, -0.15) is 13.2 Å². The van der Waals surface area contributed by atoms with E-state index >= 15 is 0 Å². The summed E-state index contributed by atoms with van der Waals surface area (Å²) in [4.78, 5) is 36.0. The minimum absolute atomic E-state index is 0.0226. The number of carbonyl (C=O) groups is 2. The number of hydrogen-bond acceptors (Lipinski definition) is 6. The maximum atomic E-state index is 14.5. The first-order valence-corrected chi connectivity index (χ1v) is 11.6. The van der Waals surface area contributed by atoms with E-state index in [1.165, 1.54) is 31.3 Å². The number of nitrogens with zero attached hydrogens (tertiary/aromatic N) is 2. The van der Waals surface area contributed by atoms with Gasteiger partial charge < -0.3 is 25.9 Å². The molecular weight excluding hydrogens is 522 g/mol. The molecule has 2 atom stereocenters. The summed E-state index contributed by atoms with van der Waals surface area (Å²) in [5, 5.41) is 13.2. The van der Waals surface area contributed by atoms with Gasteiger partial charge >= 0.3 is 6.18 Å². The lowest BCUT2D eigenvalue weighted by Crippen LogP contribution is -2.51. The number of halogens is 4. The number of nitrogens with one attached hydrogen (secondary N) is 2. The van der Waals surface area contributed by atoms with Crippen LogP contribution in [0.1, 0.15) is 28.5 Å². The van der Waals surface area contributed by atoms with E-state index < -0.39 is 47.1 Å². The number of nitrogens with two attached hydrogens (primary N) is 1.